The highest BCUT2D eigenvalue weighted by Gasteiger charge is 2.36. The molecule has 0 aromatic heterocycles. The Morgan fingerprint density at radius 1 is 1.55 bits per heavy atom. The number of nitrogens with one attached hydrogen (secondary N) is 1. The van der Waals surface area contributed by atoms with Crippen molar-refractivity contribution >= 4 is 6.03 Å². The third-order valence-electron chi connectivity index (χ3n) is 2.67. The Balaban J connectivity index is 1.99. The number of hydrogen-bond acceptors (Lipinski definition) is 2. The first-order valence-electron chi connectivity index (χ1n) is 4.05. The van der Waals surface area contributed by atoms with Gasteiger partial charge in [-0.1, -0.05) is 0 Å². The lowest BCUT2D eigenvalue weighted by atomic mass is 10.1. The summed E-state index contributed by atoms with van der Waals surface area (Å²) < 4.78 is 0. The van der Waals surface area contributed by atoms with Crippen LogP contribution in [0, 0.1) is 5.92 Å². The van der Waals surface area contributed by atoms with Crippen LogP contribution in [0.4, 0.5) is 4.79 Å². The van der Waals surface area contributed by atoms with Crippen LogP contribution in [0.5, 0.6) is 0 Å². The van der Waals surface area contributed by atoms with Crippen LogP contribution >= 0.6 is 0 Å². The first-order valence-corrected chi connectivity index (χ1v) is 4.05. The number of hydrogen-bond donors (Lipinski definition) is 2. The van der Waals surface area contributed by atoms with Gasteiger partial charge in [0.15, 0.2) is 0 Å². The number of nitrogens with two attached hydrogens (primary N) is 1. The molecule has 2 atom stereocenters. The smallest absolute Gasteiger partial charge is 0.314 e. The molecule has 0 spiro atoms. The molecule has 0 bridgehead atoms. The summed E-state index contributed by atoms with van der Waals surface area (Å²) >= 11 is 0. The Morgan fingerprint density at radius 2 is 2.36 bits per heavy atom. The lowest BCUT2D eigenvalue weighted by molar-refractivity contribution is 0.215. The van der Waals surface area contributed by atoms with Crippen molar-refractivity contribution in [2.75, 3.05) is 19.6 Å². The van der Waals surface area contributed by atoms with Crippen molar-refractivity contribution in [2.24, 2.45) is 11.7 Å². The maximum atomic E-state index is 10.8. The van der Waals surface area contributed by atoms with Gasteiger partial charge in [0.2, 0.25) is 0 Å². The van der Waals surface area contributed by atoms with E-state index >= 15 is 0 Å². The summed E-state index contributed by atoms with van der Waals surface area (Å²) in [6.07, 6.45) is 1.19. The summed E-state index contributed by atoms with van der Waals surface area (Å²) in [5.41, 5.74) is 5.16. The van der Waals surface area contributed by atoms with Crippen LogP contribution in [0.1, 0.15) is 6.42 Å². The van der Waals surface area contributed by atoms with Gasteiger partial charge >= 0.3 is 6.03 Å². The fourth-order valence-electron chi connectivity index (χ4n) is 2.03. The zero-order valence-electron chi connectivity index (χ0n) is 6.42. The highest BCUT2D eigenvalue weighted by atomic mass is 16.2. The van der Waals surface area contributed by atoms with E-state index in [0.717, 1.165) is 19.6 Å². The average Bonchev–Trinajstić information content (AvgIpc) is 2.40. The van der Waals surface area contributed by atoms with Gasteiger partial charge in [-0.25, -0.2) is 4.79 Å². The number of fused-ring (bicyclic) bond motifs is 1. The van der Waals surface area contributed by atoms with Crippen LogP contribution in [0.15, 0.2) is 0 Å². The van der Waals surface area contributed by atoms with E-state index in [4.69, 9.17) is 5.73 Å². The van der Waals surface area contributed by atoms with Crippen molar-refractivity contribution in [2.45, 2.75) is 12.5 Å². The van der Waals surface area contributed by atoms with Gasteiger partial charge in [0.05, 0.1) is 0 Å². The van der Waals surface area contributed by atoms with Gasteiger partial charge in [-0.05, 0) is 18.9 Å². The van der Waals surface area contributed by atoms with E-state index < -0.39 is 0 Å². The Morgan fingerprint density at radius 3 is 3.00 bits per heavy atom. The minimum Gasteiger partial charge on any atom is -0.351 e. The lowest BCUT2D eigenvalue weighted by Crippen LogP contribution is -2.37. The second-order valence-corrected chi connectivity index (χ2v) is 3.35. The number of carbonyl (C=O) groups is 1. The van der Waals surface area contributed by atoms with Crippen LogP contribution in [-0.2, 0) is 0 Å². The minimum atomic E-state index is -0.277. The lowest BCUT2D eigenvalue weighted by Gasteiger charge is -2.13. The Labute approximate surface area is 65.7 Å². The zero-order valence-corrected chi connectivity index (χ0v) is 6.42. The number of nitrogens with zero attached hydrogens (tertiary/aromatic N) is 1. The van der Waals surface area contributed by atoms with Crippen molar-refractivity contribution in [1.82, 2.24) is 10.2 Å². The van der Waals surface area contributed by atoms with Gasteiger partial charge in [0.1, 0.15) is 0 Å². The molecule has 2 aliphatic rings. The molecule has 3 N–H and O–H groups in total. The molecule has 2 aliphatic heterocycles. The summed E-state index contributed by atoms with van der Waals surface area (Å²) in [5.74, 6) is 0.655. The number of rotatable bonds is 0. The van der Waals surface area contributed by atoms with Crippen molar-refractivity contribution < 1.29 is 4.79 Å². The molecule has 2 fully saturated rings. The van der Waals surface area contributed by atoms with E-state index in [-0.39, 0.29) is 6.03 Å². The van der Waals surface area contributed by atoms with Crippen LogP contribution in [0.2, 0.25) is 0 Å². The van der Waals surface area contributed by atoms with E-state index in [0.29, 0.717) is 12.0 Å². The fourth-order valence-corrected chi connectivity index (χ4v) is 2.03. The monoisotopic (exact) mass is 155 g/mol. The Hall–Kier alpha value is -0.770. The molecule has 4 heteroatoms. The normalized spacial score (nSPS) is 35.8. The molecule has 0 saturated carbocycles. The molecule has 62 valence electrons. The van der Waals surface area contributed by atoms with Gasteiger partial charge in [-0.3, -0.25) is 0 Å². The standard InChI is InChI=1S/C7H13N3O/c8-7(11)10-3-5-1-2-9-6(5)4-10/h5-6,9H,1-4H2,(H2,8,11)/t5-,6+/m1/s1. The predicted octanol–water partition coefficient (Wildman–Crippen LogP) is -0.641. The van der Waals surface area contributed by atoms with Gasteiger partial charge in [-0.2, -0.15) is 0 Å². The fraction of sp³-hybridized carbons (Fsp3) is 0.857. The van der Waals surface area contributed by atoms with E-state index in [1.54, 1.807) is 4.90 Å². The highest BCUT2D eigenvalue weighted by Crippen LogP contribution is 2.23. The van der Waals surface area contributed by atoms with E-state index in [2.05, 4.69) is 5.32 Å². The summed E-state index contributed by atoms with van der Waals surface area (Å²) in [5, 5.41) is 3.35. The number of likely N-dealkylation sites (tertiary alicyclic amines) is 1. The minimum absolute atomic E-state index is 0.277. The van der Waals surface area contributed by atoms with Gasteiger partial charge < -0.3 is 16.0 Å². The molecule has 2 saturated heterocycles. The molecule has 2 amide bonds. The van der Waals surface area contributed by atoms with Crippen molar-refractivity contribution in [3.05, 3.63) is 0 Å². The summed E-state index contributed by atoms with van der Waals surface area (Å²) in [4.78, 5) is 12.5. The molecule has 0 radical (unpaired) electrons. The molecule has 0 aromatic rings. The molecule has 0 aromatic carbocycles. The second kappa shape index (κ2) is 2.37. The maximum Gasteiger partial charge on any atom is 0.314 e. The number of urea groups is 1. The maximum absolute atomic E-state index is 10.8. The van der Waals surface area contributed by atoms with Gasteiger partial charge in [0.25, 0.3) is 0 Å². The Bertz CT molecular complexity index is 171. The van der Waals surface area contributed by atoms with E-state index in [1.165, 1.54) is 6.42 Å². The first-order chi connectivity index (χ1) is 5.27. The topological polar surface area (TPSA) is 58.4 Å². The third kappa shape index (κ3) is 1.07. The van der Waals surface area contributed by atoms with E-state index in [9.17, 15) is 4.79 Å². The molecule has 0 aliphatic carbocycles. The second-order valence-electron chi connectivity index (χ2n) is 3.35. The Kier molecular flexibility index (Phi) is 1.49. The first kappa shape index (κ1) is 6.91. The number of carbonyl (C=O) groups excluding carboxylic acids is 1. The molecular formula is C7H13N3O. The van der Waals surface area contributed by atoms with Crippen LogP contribution < -0.4 is 11.1 Å². The van der Waals surface area contributed by atoms with Crippen LogP contribution in [0.3, 0.4) is 0 Å². The quantitative estimate of drug-likeness (QED) is 0.489. The number of amides is 2. The SMILES string of the molecule is NC(=O)N1C[C@H]2CCN[C@H]2C1. The predicted molar refractivity (Wildman–Crippen MR) is 41.1 cm³/mol. The number of primary amides is 1. The molecule has 4 nitrogen and oxygen atoms in total. The summed E-state index contributed by atoms with van der Waals surface area (Å²) in [7, 11) is 0. The molecular weight excluding hydrogens is 142 g/mol. The summed E-state index contributed by atoms with van der Waals surface area (Å²) in [6, 6.07) is 0.240. The molecule has 2 rings (SSSR count). The van der Waals surface area contributed by atoms with Gasteiger partial charge in [-0.15, -0.1) is 0 Å². The van der Waals surface area contributed by atoms with E-state index in [1.807, 2.05) is 0 Å². The third-order valence-corrected chi connectivity index (χ3v) is 2.67. The van der Waals surface area contributed by atoms with Crippen molar-refractivity contribution in [3.8, 4) is 0 Å². The van der Waals surface area contributed by atoms with Crippen LogP contribution in [0.25, 0.3) is 0 Å². The molecule has 2 heterocycles. The average molecular weight is 155 g/mol. The van der Waals surface area contributed by atoms with Crippen LogP contribution in [-0.4, -0.2) is 36.6 Å². The van der Waals surface area contributed by atoms with Gasteiger partial charge in [0, 0.05) is 19.1 Å². The molecule has 0 unspecified atom stereocenters. The van der Waals surface area contributed by atoms with Crippen molar-refractivity contribution in [3.63, 3.8) is 0 Å². The van der Waals surface area contributed by atoms with Crippen molar-refractivity contribution in [1.29, 1.82) is 0 Å². The summed E-state index contributed by atoms with van der Waals surface area (Å²) in [6.45, 7) is 2.76. The molecule has 11 heavy (non-hydrogen) atoms. The zero-order chi connectivity index (χ0) is 7.84. The highest BCUT2D eigenvalue weighted by molar-refractivity contribution is 5.72. The largest absolute Gasteiger partial charge is 0.351 e.